The van der Waals surface area contributed by atoms with E-state index in [1.807, 2.05) is 6.07 Å². The van der Waals surface area contributed by atoms with Crippen LogP contribution in [-0.2, 0) is 5.41 Å². The van der Waals surface area contributed by atoms with Gasteiger partial charge in [-0.05, 0) is 70.5 Å². The Hall–Kier alpha value is -6.10. The standard InChI is InChI=1S/C47H32N2OS/c1-3-15-31(16-4-1)40-26-14-27-41(32-17-5-2-6-18-32)49-46(48-40)44-30-29-43(51-44)35-21-13-25-39-45(35)50-42-28-12-11-24-38(42)47(39)36-22-9-7-19-33(36)34-20-8-10-23-37(34)47/h1-13,15-26,28-30H,14,27H2/b40-26-,48-46-,49-41+. The summed E-state index contributed by atoms with van der Waals surface area (Å²) in [5.41, 5.74) is 12.3. The molecular formula is C47H32N2OS. The average Bonchev–Trinajstić information content (AvgIpc) is 3.78. The lowest BCUT2D eigenvalue weighted by Gasteiger charge is -2.40. The first-order valence-electron chi connectivity index (χ1n) is 17.5. The smallest absolute Gasteiger partial charge is 0.170 e. The summed E-state index contributed by atoms with van der Waals surface area (Å²) in [5, 5.41) is 0. The molecule has 4 heteroatoms. The maximum Gasteiger partial charge on any atom is 0.170 e. The minimum Gasteiger partial charge on any atom is -0.456 e. The van der Waals surface area contributed by atoms with Gasteiger partial charge in [0.1, 0.15) is 11.5 Å². The fraction of sp³-hybridized carbons (Fsp3) is 0.0638. The Labute approximate surface area is 301 Å². The van der Waals surface area contributed by atoms with Crippen molar-refractivity contribution in [1.82, 2.24) is 0 Å². The summed E-state index contributed by atoms with van der Waals surface area (Å²) in [7, 11) is 0. The van der Waals surface area contributed by atoms with Gasteiger partial charge in [-0.25, -0.2) is 9.98 Å². The van der Waals surface area contributed by atoms with Crippen LogP contribution in [0, 0.1) is 0 Å². The molecule has 0 radical (unpaired) electrons. The molecule has 0 saturated carbocycles. The van der Waals surface area contributed by atoms with Gasteiger partial charge in [0.2, 0.25) is 0 Å². The highest BCUT2D eigenvalue weighted by atomic mass is 32.1. The third kappa shape index (κ3) is 4.71. The molecule has 0 unspecified atom stereocenters. The van der Waals surface area contributed by atoms with Gasteiger partial charge in [-0.2, -0.15) is 0 Å². The van der Waals surface area contributed by atoms with E-state index >= 15 is 0 Å². The van der Waals surface area contributed by atoms with Gasteiger partial charge in [-0.3, -0.25) is 0 Å². The number of amidine groups is 1. The molecule has 242 valence electrons. The molecular weight excluding hydrogens is 641 g/mol. The highest BCUT2D eigenvalue weighted by Crippen LogP contribution is 2.63. The van der Waals surface area contributed by atoms with Gasteiger partial charge in [-0.15, -0.1) is 11.3 Å². The molecule has 51 heavy (non-hydrogen) atoms. The number of rotatable bonds is 4. The van der Waals surface area contributed by atoms with E-state index in [-0.39, 0.29) is 0 Å². The Bertz CT molecular complexity index is 2510. The van der Waals surface area contributed by atoms with Crippen molar-refractivity contribution in [2.24, 2.45) is 9.98 Å². The normalized spacial score (nSPS) is 18.2. The molecule has 0 amide bonds. The van der Waals surface area contributed by atoms with E-state index < -0.39 is 5.41 Å². The lowest BCUT2D eigenvalue weighted by atomic mass is 9.66. The van der Waals surface area contributed by atoms with Gasteiger partial charge in [0, 0.05) is 21.6 Å². The Kier molecular flexibility index (Phi) is 7.03. The molecule has 1 spiro atoms. The quantitative estimate of drug-likeness (QED) is 0.183. The van der Waals surface area contributed by atoms with Gasteiger partial charge >= 0.3 is 0 Å². The van der Waals surface area contributed by atoms with Gasteiger partial charge in [0.25, 0.3) is 0 Å². The lowest BCUT2D eigenvalue weighted by molar-refractivity contribution is 0.438. The van der Waals surface area contributed by atoms with Crippen molar-refractivity contribution >= 4 is 28.6 Å². The minimum atomic E-state index is -0.499. The first-order valence-corrected chi connectivity index (χ1v) is 18.3. The summed E-state index contributed by atoms with van der Waals surface area (Å²) in [4.78, 5) is 12.7. The third-order valence-corrected chi connectivity index (χ3v) is 11.4. The number of ether oxygens (including phenoxy) is 1. The Balaban J connectivity index is 1.15. The van der Waals surface area contributed by atoms with Crippen molar-refractivity contribution in [2.75, 3.05) is 0 Å². The topological polar surface area (TPSA) is 34.0 Å². The number of hydrogen-bond donors (Lipinski definition) is 0. The van der Waals surface area contributed by atoms with Gasteiger partial charge in [0.15, 0.2) is 5.84 Å². The zero-order valence-electron chi connectivity index (χ0n) is 27.8. The second-order valence-corrected chi connectivity index (χ2v) is 14.2. The van der Waals surface area contributed by atoms with Crippen LogP contribution in [0.1, 0.15) is 51.1 Å². The third-order valence-electron chi connectivity index (χ3n) is 10.3. The van der Waals surface area contributed by atoms with Crippen molar-refractivity contribution in [3.8, 4) is 33.1 Å². The molecule has 2 aliphatic heterocycles. The van der Waals surface area contributed by atoms with Crippen LogP contribution in [0.5, 0.6) is 11.5 Å². The predicted molar refractivity (Wildman–Crippen MR) is 210 cm³/mol. The number of benzene rings is 6. The first-order chi connectivity index (χ1) is 25.3. The van der Waals surface area contributed by atoms with Gasteiger partial charge < -0.3 is 4.74 Å². The maximum atomic E-state index is 6.96. The van der Waals surface area contributed by atoms with E-state index in [0.29, 0.717) is 0 Å². The van der Waals surface area contributed by atoms with E-state index in [2.05, 4.69) is 164 Å². The highest BCUT2D eigenvalue weighted by Gasteiger charge is 2.51. The van der Waals surface area contributed by atoms with E-state index in [0.717, 1.165) is 73.6 Å². The SMILES string of the molecule is C1=C(c2ccccc2)/N=C(c2ccc(-c3cccc4c3Oc3ccccc3C43c4ccccc4-c4ccccc43)s2)\N=C(\c2ccccc2)CC\1. The van der Waals surface area contributed by atoms with Crippen LogP contribution in [0.4, 0.5) is 0 Å². The number of allylic oxidation sites excluding steroid dienone is 1. The molecule has 1 aromatic heterocycles. The lowest BCUT2D eigenvalue weighted by Crippen LogP contribution is -2.32. The van der Waals surface area contributed by atoms with Crippen molar-refractivity contribution in [3.63, 3.8) is 0 Å². The molecule has 0 saturated heterocycles. The van der Waals surface area contributed by atoms with Gasteiger partial charge in [-0.1, -0.05) is 146 Å². The van der Waals surface area contributed by atoms with Crippen LogP contribution < -0.4 is 4.74 Å². The van der Waals surface area contributed by atoms with Crippen LogP contribution in [0.3, 0.4) is 0 Å². The van der Waals surface area contributed by atoms with Crippen LogP contribution in [-0.4, -0.2) is 11.5 Å². The van der Waals surface area contributed by atoms with Crippen molar-refractivity contribution in [2.45, 2.75) is 18.3 Å². The van der Waals surface area contributed by atoms with E-state index in [4.69, 9.17) is 14.7 Å². The van der Waals surface area contributed by atoms with Gasteiger partial charge in [0.05, 0.1) is 21.7 Å². The fourth-order valence-electron chi connectivity index (χ4n) is 8.13. The van der Waals surface area contributed by atoms with Crippen LogP contribution in [0.2, 0.25) is 0 Å². The summed E-state index contributed by atoms with van der Waals surface area (Å²) < 4.78 is 6.96. The molecule has 10 rings (SSSR count). The number of aliphatic imine (C=N–C) groups is 2. The van der Waals surface area contributed by atoms with Crippen molar-refractivity contribution in [1.29, 1.82) is 0 Å². The number of fused-ring (bicyclic) bond motifs is 9. The number of para-hydroxylation sites is 2. The molecule has 0 N–H and O–H groups in total. The van der Waals surface area contributed by atoms with E-state index in [1.54, 1.807) is 11.3 Å². The molecule has 0 fully saturated rings. The van der Waals surface area contributed by atoms with Crippen LogP contribution in [0.15, 0.2) is 180 Å². The summed E-state index contributed by atoms with van der Waals surface area (Å²) in [6.45, 7) is 0. The highest BCUT2D eigenvalue weighted by molar-refractivity contribution is 7.17. The molecule has 0 atom stereocenters. The van der Waals surface area contributed by atoms with Crippen LogP contribution in [0.25, 0.3) is 27.3 Å². The Morgan fingerprint density at radius 1 is 0.490 bits per heavy atom. The molecule has 3 heterocycles. The molecule has 3 nitrogen and oxygen atoms in total. The number of nitrogens with zero attached hydrogens (tertiary/aromatic N) is 2. The van der Waals surface area contributed by atoms with Crippen LogP contribution >= 0.6 is 11.3 Å². The van der Waals surface area contributed by atoms with Crippen molar-refractivity contribution < 1.29 is 4.74 Å². The summed E-state index contributed by atoms with van der Waals surface area (Å²) in [5.74, 6) is 2.51. The number of thiophene rings is 1. The minimum absolute atomic E-state index is 0.499. The second kappa shape index (κ2) is 12.0. The van der Waals surface area contributed by atoms with Crippen molar-refractivity contribution in [3.05, 3.63) is 208 Å². The fourth-order valence-corrected chi connectivity index (χ4v) is 9.09. The molecule has 7 aromatic rings. The summed E-state index contributed by atoms with van der Waals surface area (Å²) >= 11 is 1.71. The summed E-state index contributed by atoms with van der Waals surface area (Å²) in [6.07, 6.45) is 3.95. The number of hydrogen-bond acceptors (Lipinski definition) is 4. The summed E-state index contributed by atoms with van der Waals surface area (Å²) in [6, 6.07) is 58.2. The zero-order valence-corrected chi connectivity index (χ0v) is 28.6. The Morgan fingerprint density at radius 3 is 1.82 bits per heavy atom. The first kappa shape index (κ1) is 29.8. The van der Waals surface area contributed by atoms with E-state index in [9.17, 15) is 0 Å². The predicted octanol–water partition coefficient (Wildman–Crippen LogP) is 12.0. The average molecular weight is 673 g/mol. The molecule has 1 aliphatic carbocycles. The molecule has 3 aliphatic rings. The second-order valence-electron chi connectivity index (χ2n) is 13.1. The monoisotopic (exact) mass is 672 g/mol. The van der Waals surface area contributed by atoms with E-state index in [1.165, 1.54) is 27.8 Å². The molecule has 0 bridgehead atoms. The molecule has 6 aromatic carbocycles. The zero-order chi connectivity index (χ0) is 33.8. The maximum absolute atomic E-state index is 6.96. The Morgan fingerprint density at radius 2 is 1.08 bits per heavy atom. The largest absolute Gasteiger partial charge is 0.456 e.